The van der Waals surface area contributed by atoms with E-state index in [-0.39, 0.29) is 49.3 Å². The predicted octanol–water partition coefficient (Wildman–Crippen LogP) is -1.13. The minimum Gasteiger partial charge on any atom is -0.378 e. The van der Waals surface area contributed by atoms with E-state index in [1.54, 1.807) is 6.92 Å². The van der Waals surface area contributed by atoms with E-state index in [1.807, 2.05) is 0 Å². The van der Waals surface area contributed by atoms with Gasteiger partial charge in [0.2, 0.25) is 23.6 Å². The van der Waals surface area contributed by atoms with Crippen LogP contribution in [0.3, 0.4) is 0 Å². The van der Waals surface area contributed by atoms with Crippen LogP contribution in [0.2, 0.25) is 0 Å². The van der Waals surface area contributed by atoms with Crippen molar-refractivity contribution in [2.24, 2.45) is 0 Å². The van der Waals surface area contributed by atoms with E-state index in [4.69, 9.17) is 14.2 Å². The summed E-state index contributed by atoms with van der Waals surface area (Å²) in [6, 6.07) is 0. The first-order valence-electron chi connectivity index (χ1n) is 10.1. The number of hydrogen-bond donors (Lipinski definition) is 4. The van der Waals surface area contributed by atoms with E-state index >= 15 is 0 Å². The summed E-state index contributed by atoms with van der Waals surface area (Å²) in [4.78, 5) is 46.0. The van der Waals surface area contributed by atoms with E-state index in [9.17, 15) is 23.1 Å². The molecule has 0 radical (unpaired) electrons. The standard InChI is InChI=1S/C18H33FN4O7S2/c1-2-20-15(24)11-21-16(25)12-22-17(26)13-23-18(27)14-31-9-7-29-5-3-28-4-6-30-8-10-32-19/h2-14H2,1H3,(H,20,24)(H,21,25)(H,22,26)(H,23,27). The molecule has 0 saturated heterocycles. The molecule has 0 aromatic rings. The van der Waals surface area contributed by atoms with Gasteiger partial charge in [-0.05, 0) is 6.92 Å². The molecular formula is C18H33FN4O7S2. The lowest BCUT2D eigenvalue weighted by molar-refractivity contribution is -0.128. The molecule has 0 bridgehead atoms. The molecule has 4 N–H and O–H groups in total. The van der Waals surface area contributed by atoms with Crippen LogP contribution in [-0.2, 0) is 33.4 Å². The summed E-state index contributed by atoms with van der Waals surface area (Å²) >= 11 is 1.60. The highest BCUT2D eigenvalue weighted by Crippen LogP contribution is 1.99. The molecule has 0 atom stereocenters. The van der Waals surface area contributed by atoms with Gasteiger partial charge in [-0.2, -0.15) is 3.89 Å². The second-order valence-electron chi connectivity index (χ2n) is 5.99. The summed E-state index contributed by atoms with van der Waals surface area (Å²) < 4.78 is 27.5. The molecule has 0 rings (SSSR count). The highest BCUT2D eigenvalue weighted by molar-refractivity contribution is 7.99. The minimum atomic E-state index is -0.508. The highest BCUT2D eigenvalue weighted by atomic mass is 32.2. The van der Waals surface area contributed by atoms with Crippen LogP contribution in [0.15, 0.2) is 0 Å². The molecule has 0 fully saturated rings. The van der Waals surface area contributed by atoms with Crippen molar-refractivity contribution in [1.82, 2.24) is 21.3 Å². The first-order chi connectivity index (χ1) is 15.5. The minimum absolute atomic E-state index is 0.163. The van der Waals surface area contributed by atoms with Crippen molar-refractivity contribution < 1.29 is 37.3 Å². The highest BCUT2D eigenvalue weighted by Gasteiger charge is 2.09. The summed E-state index contributed by atoms with van der Waals surface area (Å²) in [5.41, 5.74) is 0. The zero-order valence-electron chi connectivity index (χ0n) is 18.2. The number of rotatable bonds is 21. The number of ether oxygens (including phenoxy) is 3. The summed E-state index contributed by atoms with van der Waals surface area (Å²) in [5, 5.41) is 9.69. The van der Waals surface area contributed by atoms with Gasteiger partial charge in [0, 0.05) is 30.2 Å². The van der Waals surface area contributed by atoms with Crippen molar-refractivity contribution in [2.75, 3.05) is 83.1 Å². The van der Waals surface area contributed by atoms with E-state index in [0.29, 0.717) is 57.7 Å². The van der Waals surface area contributed by atoms with Crippen molar-refractivity contribution in [2.45, 2.75) is 6.92 Å². The first kappa shape index (κ1) is 30.4. The van der Waals surface area contributed by atoms with Crippen LogP contribution in [0, 0.1) is 0 Å². The van der Waals surface area contributed by atoms with Gasteiger partial charge in [0.1, 0.15) is 0 Å². The van der Waals surface area contributed by atoms with Gasteiger partial charge < -0.3 is 35.5 Å². The lowest BCUT2D eigenvalue weighted by atomic mass is 10.4. The van der Waals surface area contributed by atoms with Gasteiger partial charge in [-0.15, -0.1) is 11.8 Å². The molecule has 4 amide bonds. The largest absolute Gasteiger partial charge is 0.378 e. The SMILES string of the molecule is CCNC(=O)CNC(=O)CNC(=O)CNC(=O)CSCCOCCOCCOCCSF. The molecule has 0 heterocycles. The van der Waals surface area contributed by atoms with Crippen LogP contribution in [0.1, 0.15) is 6.92 Å². The smallest absolute Gasteiger partial charge is 0.239 e. The average Bonchev–Trinajstić information content (AvgIpc) is 2.78. The van der Waals surface area contributed by atoms with Gasteiger partial charge in [-0.1, -0.05) is 0 Å². The Hall–Kier alpha value is -1.61. The Bertz CT molecular complexity index is 547. The number of nitrogens with one attached hydrogen (secondary N) is 4. The van der Waals surface area contributed by atoms with Gasteiger partial charge in [0.25, 0.3) is 0 Å². The van der Waals surface area contributed by atoms with Gasteiger partial charge in [-0.3, -0.25) is 19.2 Å². The van der Waals surface area contributed by atoms with Gasteiger partial charge in [0.15, 0.2) is 0 Å². The summed E-state index contributed by atoms with van der Waals surface area (Å²) in [6.07, 6.45) is 0. The maximum absolute atomic E-state index is 11.7. The van der Waals surface area contributed by atoms with Crippen molar-refractivity contribution in [3.63, 3.8) is 0 Å². The number of halogens is 1. The maximum atomic E-state index is 11.7. The monoisotopic (exact) mass is 500 g/mol. The number of amides is 4. The van der Waals surface area contributed by atoms with Crippen LogP contribution in [0.25, 0.3) is 0 Å². The van der Waals surface area contributed by atoms with Crippen molar-refractivity contribution in [3.05, 3.63) is 0 Å². The van der Waals surface area contributed by atoms with Crippen LogP contribution in [-0.4, -0.2) is 107 Å². The Balaban J connectivity index is 3.47. The van der Waals surface area contributed by atoms with Crippen LogP contribution in [0.4, 0.5) is 3.89 Å². The zero-order valence-corrected chi connectivity index (χ0v) is 19.9. The van der Waals surface area contributed by atoms with Crippen molar-refractivity contribution >= 4 is 47.5 Å². The number of thioether (sulfide) groups is 1. The number of carbonyl (C=O) groups is 4. The molecule has 186 valence electrons. The maximum Gasteiger partial charge on any atom is 0.239 e. The van der Waals surface area contributed by atoms with Crippen LogP contribution >= 0.6 is 23.9 Å². The fourth-order valence-corrected chi connectivity index (χ4v) is 2.74. The second kappa shape index (κ2) is 22.6. The summed E-state index contributed by atoms with van der Waals surface area (Å²) in [7, 11) is 0. The Morgan fingerprint density at radius 3 is 1.59 bits per heavy atom. The molecule has 0 saturated carbocycles. The topological polar surface area (TPSA) is 144 Å². The van der Waals surface area contributed by atoms with Crippen LogP contribution in [0.5, 0.6) is 0 Å². The van der Waals surface area contributed by atoms with Crippen LogP contribution < -0.4 is 21.3 Å². The predicted molar refractivity (Wildman–Crippen MR) is 121 cm³/mol. The van der Waals surface area contributed by atoms with Gasteiger partial charge in [-0.25, -0.2) is 0 Å². The molecule has 14 heteroatoms. The zero-order chi connectivity index (χ0) is 23.9. The molecule has 0 aromatic heterocycles. The van der Waals surface area contributed by atoms with E-state index in [1.165, 1.54) is 11.8 Å². The van der Waals surface area contributed by atoms with Crippen molar-refractivity contribution in [3.8, 4) is 0 Å². The molecule has 0 aliphatic rings. The van der Waals surface area contributed by atoms with E-state index < -0.39 is 11.8 Å². The third-order valence-corrected chi connectivity index (χ3v) is 4.61. The van der Waals surface area contributed by atoms with Gasteiger partial charge >= 0.3 is 0 Å². The molecule has 0 spiro atoms. The molecule has 0 unspecified atom stereocenters. The third-order valence-electron chi connectivity index (χ3n) is 3.37. The normalized spacial score (nSPS) is 10.4. The molecule has 11 nitrogen and oxygen atoms in total. The summed E-state index contributed by atoms with van der Waals surface area (Å²) in [5.74, 6) is -0.538. The number of hydrogen-bond acceptors (Lipinski definition) is 9. The summed E-state index contributed by atoms with van der Waals surface area (Å²) in [6.45, 7) is 4.02. The van der Waals surface area contributed by atoms with Crippen molar-refractivity contribution in [1.29, 1.82) is 0 Å². The fraction of sp³-hybridized carbons (Fsp3) is 0.778. The third kappa shape index (κ3) is 21.6. The molecular weight excluding hydrogens is 467 g/mol. The molecule has 32 heavy (non-hydrogen) atoms. The van der Waals surface area contributed by atoms with E-state index in [2.05, 4.69) is 21.3 Å². The number of likely N-dealkylation sites (N-methyl/N-ethyl adjacent to an activating group) is 1. The lowest BCUT2D eigenvalue weighted by Crippen LogP contribution is -2.44. The quantitative estimate of drug-likeness (QED) is 0.144. The first-order valence-corrected chi connectivity index (χ1v) is 12.1. The van der Waals surface area contributed by atoms with Gasteiger partial charge in [0.05, 0.1) is 65.0 Å². The van der Waals surface area contributed by atoms with E-state index in [0.717, 1.165) is 0 Å². The Kier molecular flexibility index (Phi) is 21.4. The molecule has 0 aliphatic carbocycles. The molecule has 0 aromatic carbocycles. The fourth-order valence-electron chi connectivity index (χ4n) is 1.89. The Morgan fingerprint density at radius 2 is 1.09 bits per heavy atom. The second-order valence-corrected chi connectivity index (χ2v) is 7.72. The Labute approximate surface area is 196 Å². The molecule has 0 aliphatic heterocycles. The number of carbonyl (C=O) groups excluding carboxylic acids is 4. The Morgan fingerprint density at radius 1 is 0.656 bits per heavy atom. The average molecular weight is 501 g/mol. The lowest BCUT2D eigenvalue weighted by Gasteiger charge is -2.08.